The minimum Gasteiger partial charge on any atom is -0.370 e. The topological polar surface area (TPSA) is 83.8 Å². The van der Waals surface area contributed by atoms with Gasteiger partial charge in [-0.25, -0.2) is 15.0 Å². The first-order valence-electron chi connectivity index (χ1n) is 8.53. The molecule has 0 bridgehead atoms. The molecule has 0 aliphatic heterocycles. The van der Waals surface area contributed by atoms with Crippen molar-refractivity contribution in [2.24, 2.45) is 0 Å². The van der Waals surface area contributed by atoms with Crippen LogP contribution in [0.15, 0.2) is 24.7 Å². The third kappa shape index (κ3) is 2.82. The maximum absolute atomic E-state index is 4.80. The van der Waals surface area contributed by atoms with Gasteiger partial charge in [-0.3, -0.25) is 0 Å². The van der Waals surface area contributed by atoms with E-state index in [0.29, 0.717) is 0 Å². The maximum atomic E-state index is 4.80. The van der Waals surface area contributed by atoms with E-state index in [-0.39, 0.29) is 0 Å². The van der Waals surface area contributed by atoms with Gasteiger partial charge < -0.3 is 10.3 Å². The number of aromatic amines is 1. The highest BCUT2D eigenvalue weighted by atomic mass is 15.3. The molecule has 0 amide bonds. The Morgan fingerprint density at radius 3 is 2.84 bits per heavy atom. The zero-order valence-electron chi connectivity index (χ0n) is 14.7. The largest absolute Gasteiger partial charge is 0.370 e. The summed E-state index contributed by atoms with van der Waals surface area (Å²) in [4.78, 5) is 16.5. The van der Waals surface area contributed by atoms with Gasteiger partial charge >= 0.3 is 0 Å². The lowest BCUT2D eigenvalue weighted by Crippen LogP contribution is -2.10. The highest BCUT2D eigenvalue weighted by molar-refractivity contribution is 5.93. The third-order valence-electron chi connectivity index (χ3n) is 4.34. The average Bonchev–Trinajstić information content (AvgIpc) is 3.21. The van der Waals surface area contributed by atoms with E-state index in [9.17, 15) is 0 Å². The lowest BCUT2D eigenvalue weighted by Gasteiger charge is -2.09. The fourth-order valence-electron chi connectivity index (χ4n) is 3.13. The lowest BCUT2D eigenvalue weighted by molar-refractivity contribution is 0.892. The number of anilines is 1. The Morgan fingerprint density at radius 2 is 2.08 bits per heavy atom. The van der Waals surface area contributed by atoms with Crippen LogP contribution in [-0.2, 0) is 12.8 Å². The van der Waals surface area contributed by atoms with Crippen LogP contribution in [0.4, 0.5) is 5.82 Å². The molecule has 2 N–H and O–H groups in total. The van der Waals surface area contributed by atoms with E-state index in [1.54, 1.807) is 6.33 Å². The normalized spacial score (nSPS) is 11.5. The molecular weight excluding hydrogens is 314 g/mol. The van der Waals surface area contributed by atoms with E-state index < -0.39 is 0 Å². The van der Waals surface area contributed by atoms with Crippen LogP contribution >= 0.6 is 0 Å². The molecule has 0 atom stereocenters. The molecule has 0 saturated heterocycles. The number of H-pyrrole nitrogens is 1. The number of aryl methyl sites for hydroxylation is 3. The van der Waals surface area contributed by atoms with Crippen molar-refractivity contribution in [3.8, 4) is 0 Å². The Balaban J connectivity index is 1.78. The van der Waals surface area contributed by atoms with E-state index >= 15 is 0 Å². The van der Waals surface area contributed by atoms with Crippen molar-refractivity contribution in [3.63, 3.8) is 0 Å². The molecular formula is C18H21N7. The minimum absolute atomic E-state index is 0.745. The van der Waals surface area contributed by atoms with Gasteiger partial charge in [0.15, 0.2) is 11.3 Å². The molecule has 0 aliphatic rings. The van der Waals surface area contributed by atoms with Crippen molar-refractivity contribution in [1.29, 1.82) is 0 Å². The highest BCUT2D eigenvalue weighted by Gasteiger charge is 2.14. The van der Waals surface area contributed by atoms with Crippen molar-refractivity contribution in [2.45, 2.75) is 33.6 Å². The first kappa shape index (κ1) is 15.6. The molecule has 4 heterocycles. The predicted molar refractivity (Wildman–Crippen MR) is 97.9 cm³/mol. The number of hydrogen-bond donors (Lipinski definition) is 2. The second kappa shape index (κ2) is 6.16. The number of fused-ring (bicyclic) bond motifs is 3. The van der Waals surface area contributed by atoms with Crippen molar-refractivity contribution in [1.82, 2.24) is 29.5 Å². The summed E-state index contributed by atoms with van der Waals surface area (Å²) in [6, 6.07) is 4.14. The molecule has 0 saturated carbocycles. The third-order valence-corrected chi connectivity index (χ3v) is 4.34. The van der Waals surface area contributed by atoms with Crippen molar-refractivity contribution in [2.75, 3.05) is 11.9 Å². The standard InChI is InChI=1S/C18H21N7/c1-4-13-8-15(20-6-5-14-9-19-10-21-14)25-18(23-13)16-11(2)7-12(3)22-17(16)24-25/h7-10,20H,4-6H2,1-3H3,(H,19,21). The number of rotatable bonds is 5. The van der Waals surface area contributed by atoms with Gasteiger partial charge in [-0.05, 0) is 31.9 Å². The lowest BCUT2D eigenvalue weighted by atomic mass is 10.2. The van der Waals surface area contributed by atoms with Crippen LogP contribution in [0.25, 0.3) is 16.7 Å². The molecule has 0 fully saturated rings. The van der Waals surface area contributed by atoms with Gasteiger partial charge in [-0.15, -0.1) is 5.10 Å². The van der Waals surface area contributed by atoms with Gasteiger partial charge in [0.25, 0.3) is 0 Å². The van der Waals surface area contributed by atoms with Crippen LogP contribution in [0.2, 0.25) is 0 Å². The van der Waals surface area contributed by atoms with Crippen LogP contribution in [-0.4, -0.2) is 36.1 Å². The van der Waals surface area contributed by atoms with Crippen LogP contribution in [0.1, 0.15) is 29.6 Å². The second-order valence-electron chi connectivity index (χ2n) is 6.25. The van der Waals surface area contributed by atoms with Gasteiger partial charge in [0.2, 0.25) is 0 Å². The Kier molecular flexibility index (Phi) is 3.83. The average molecular weight is 335 g/mol. The van der Waals surface area contributed by atoms with E-state index in [0.717, 1.165) is 64.5 Å². The first-order valence-corrected chi connectivity index (χ1v) is 8.53. The van der Waals surface area contributed by atoms with Crippen LogP contribution in [0.5, 0.6) is 0 Å². The molecule has 7 heteroatoms. The van der Waals surface area contributed by atoms with Crippen molar-refractivity contribution >= 4 is 22.5 Å². The molecule has 4 aromatic rings. The minimum atomic E-state index is 0.745. The van der Waals surface area contributed by atoms with Gasteiger partial charge in [0, 0.05) is 42.3 Å². The van der Waals surface area contributed by atoms with Gasteiger partial charge in [0.05, 0.1) is 11.7 Å². The van der Waals surface area contributed by atoms with E-state index in [1.165, 1.54) is 0 Å². The summed E-state index contributed by atoms with van der Waals surface area (Å²) in [5.41, 5.74) is 5.88. The molecule has 4 aromatic heterocycles. The van der Waals surface area contributed by atoms with Crippen LogP contribution < -0.4 is 5.32 Å². The van der Waals surface area contributed by atoms with Crippen LogP contribution in [0, 0.1) is 13.8 Å². The summed E-state index contributed by atoms with van der Waals surface area (Å²) >= 11 is 0. The Bertz CT molecular complexity index is 1030. The number of nitrogens with one attached hydrogen (secondary N) is 2. The number of imidazole rings is 1. The summed E-state index contributed by atoms with van der Waals surface area (Å²) in [6.45, 7) is 6.97. The summed E-state index contributed by atoms with van der Waals surface area (Å²) in [7, 11) is 0. The van der Waals surface area contributed by atoms with Gasteiger partial charge in [-0.2, -0.15) is 4.52 Å². The monoisotopic (exact) mass is 335 g/mol. The molecule has 0 radical (unpaired) electrons. The number of pyridine rings is 1. The second-order valence-corrected chi connectivity index (χ2v) is 6.25. The molecule has 25 heavy (non-hydrogen) atoms. The highest BCUT2D eigenvalue weighted by Crippen LogP contribution is 2.24. The summed E-state index contributed by atoms with van der Waals surface area (Å²) in [5.74, 6) is 0.941. The number of aromatic nitrogens is 6. The fraction of sp³-hybridized carbons (Fsp3) is 0.333. The molecule has 0 aliphatic carbocycles. The molecule has 4 rings (SSSR count). The molecule has 0 spiro atoms. The first-order chi connectivity index (χ1) is 12.2. The zero-order chi connectivity index (χ0) is 17.4. The quantitative estimate of drug-likeness (QED) is 0.586. The SMILES string of the molecule is CCc1cc(NCCc2cnc[nH]2)n2nc3nc(C)cc(C)c3c2n1. The summed E-state index contributed by atoms with van der Waals surface area (Å²) in [6.07, 6.45) is 5.28. The predicted octanol–water partition coefficient (Wildman–Crippen LogP) is 2.83. The van der Waals surface area contributed by atoms with E-state index in [1.807, 2.05) is 17.6 Å². The summed E-state index contributed by atoms with van der Waals surface area (Å²) < 4.78 is 1.87. The fourth-order valence-corrected chi connectivity index (χ4v) is 3.13. The molecule has 7 nitrogen and oxygen atoms in total. The maximum Gasteiger partial charge on any atom is 0.184 e. The van der Waals surface area contributed by atoms with E-state index in [2.05, 4.69) is 51.3 Å². The van der Waals surface area contributed by atoms with Gasteiger partial charge in [-0.1, -0.05) is 6.92 Å². The van der Waals surface area contributed by atoms with Crippen molar-refractivity contribution < 1.29 is 0 Å². The van der Waals surface area contributed by atoms with Gasteiger partial charge in [0.1, 0.15) is 5.82 Å². The summed E-state index contributed by atoms with van der Waals surface area (Å²) in [5, 5.41) is 9.19. The molecule has 0 aromatic carbocycles. The Labute approximate surface area is 145 Å². The number of hydrogen-bond acceptors (Lipinski definition) is 5. The van der Waals surface area contributed by atoms with Crippen molar-refractivity contribution in [3.05, 3.63) is 47.3 Å². The van der Waals surface area contributed by atoms with Crippen LogP contribution in [0.3, 0.4) is 0 Å². The smallest absolute Gasteiger partial charge is 0.184 e. The molecule has 0 unspecified atom stereocenters. The number of nitrogens with zero attached hydrogens (tertiary/aromatic N) is 5. The zero-order valence-corrected chi connectivity index (χ0v) is 14.7. The molecule has 128 valence electrons. The van der Waals surface area contributed by atoms with E-state index in [4.69, 9.17) is 4.98 Å². The Hall–Kier alpha value is -2.96. The Morgan fingerprint density at radius 1 is 1.20 bits per heavy atom.